The first-order chi connectivity index (χ1) is 4.04. The van der Waals surface area contributed by atoms with E-state index in [4.69, 9.17) is 0 Å². The van der Waals surface area contributed by atoms with Gasteiger partial charge in [0.1, 0.15) is 14.1 Å². The molecule has 3 heteroatoms. The fourth-order valence-electron chi connectivity index (χ4n) is 0.346. The highest BCUT2D eigenvalue weighted by Crippen LogP contribution is 2.10. The molecule has 0 saturated carbocycles. The molecule has 0 rings (SSSR count). The maximum atomic E-state index is 10.5. The van der Waals surface area contributed by atoms with Crippen molar-refractivity contribution in [3.05, 3.63) is 0 Å². The van der Waals surface area contributed by atoms with E-state index in [0.717, 1.165) is 0 Å². The summed E-state index contributed by atoms with van der Waals surface area (Å²) in [7, 11) is 3.92. The van der Waals surface area contributed by atoms with Gasteiger partial charge in [0, 0.05) is 13.8 Å². The van der Waals surface area contributed by atoms with E-state index in [0.29, 0.717) is 5.37 Å². The fourth-order valence-corrected chi connectivity index (χ4v) is 1.04. The first-order valence-electron chi connectivity index (χ1n) is 2.87. The first-order valence-corrected chi connectivity index (χ1v) is 3.75. The molecule has 9 heavy (non-hydrogen) atoms. The zero-order valence-electron chi connectivity index (χ0n) is 6.34. The molecule has 0 aromatic carbocycles. The van der Waals surface area contributed by atoms with Crippen LogP contribution in [0, 0.1) is 0 Å². The van der Waals surface area contributed by atoms with Crippen LogP contribution in [0.3, 0.4) is 0 Å². The second kappa shape index (κ2) is 3.90. The average molecular weight is 147 g/mol. The van der Waals surface area contributed by atoms with Gasteiger partial charge in [-0.3, -0.25) is 4.79 Å². The smallest absolute Gasteiger partial charge is 0.191 e. The predicted molar refractivity (Wildman–Crippen MR) is 41.7 cm³/mol. The maximum Gasteiger partial charge on any atom is 0.191 e. The van der Waals surface area contributed by atoms with Crippen molar-refractivity contribution in [2.45, 2.75) is 19.2 Å². The van der Waals surface area contributed by atoms with Crippen molar-refractivity contribution in [3.63, 3.8) is 0 Å². The molecule has 0 amide bonds. The van der Waals surface area contributed by atoms with Gasteiger partial charge in [-0.15, -0.1) is 0 Å². The molecule has 0 aliphatic rings. The van der Waals surface area contributed by atoms with Gasteiger partial charge in [0.2, 0.25) is 0 Å². The van der Waals surface area contributed by atoms with E-state index in [1.165, 1.54) is 11.8 Å². The van der Waals surface area contributed by atoms with Crippen LogP contribution in [0.5, 0.6) is 0 Å². The minimum atomic E-state index is 0.177. The van der Waals surface area contributed by atoms with Gasteiger partial charge in [-0.25, -0.2) is 0 Å². The summed E-state index contributed by atoms with van der Waals surface area (Å²) in [5.41, 5.74) is 0. The number of rotatable bonds is 2. The summed E-state index contributed by atoms with van der Waals surface area (Å²) in [5.74, 6) is 0. The Bertz CT molecular complexity index is 103. The molecule has 0 aromatic heterocycles. The Morgan fingerprint density at radius 3 is 2.11 bits per heavy atom. The minimum Gasteiger partial charge on any atom is -0.287 e. The zero-order valence-corrected chi connectivity index (χ0v) is 7.16. The lowest BCUT2D eigenvalue weighted by Gasteiger charge is -2.06. The highest BCUT2D eigenvalue weighted by atomic mass is 32.2. The van der Waals surface area contributed by atoms with E-state index in [1.807, 2.05) is 25.9 Å². The van der Waals surface area contributed by atoms with Gasteiger partial charge in [0.05, 0.1) is 0 Å². The predicted octanol–water partition coefficient (Wildman–Crippen LogP) is 1.01. The highest BCUT2D eigenvalue weighted by molar-refractivity contribution is 8.14. The molecule has 0 aliphatic carbocycles. The van der Waals surface area contributed by atoms with Gasteiger partial charge >= 0.3 is 0 Å². The van der Waals surface area contributed by atoms with Crippen LogP contribution in [0.1, 0.15) is 13.8 Å². The standard InChI is InChI=1S/C6H13NOS/c1-5(7(3)4)9-6(2)8/h5H,1-4H3/q+1. The van der Waals surface area contributed by atoms with Crippen molar-refractivity contribution in [2.75, 3.05) is 14.1 Å². The Balaban J connectivity index is 3.50. The molecule has 0 aromatic rings. The van der Waals surface area contributed by atoms with E-state index >= 15 is 0 Å². The van der Waals surface area contributed by atoms with E-state index < -0.39 is 0 Å². The van der Waals surface area contributed by atoms with Crippen molar-refractivity contribution in [1.29, 1.82) is 0 Å². The summed E-state index contributed by atoms with van der Waals surface area (Å²) in [6.45, 7) is 3.59. The maximum absolute atomic E-state index is 10.5. The van der Waals surface area contributed by atoms with Crippen molar-refractivity contribution >= 4 is 16.9 Å². The summed E-state index contributed by atoms with van der Waals surface area (Å²) in [6, 6.07) is 0. The lowest BCUT2D eigenvalue weighted by molar-refractivity contribution is -0.109. The van der Waals surface area contributed by atoms with Gasteiger partial charge < -0.3 is 0 Å². The van der Waals surface area contributed by atoms with Crippen molar-refractivity contribution in [1.82, 2.24) is 4.90 Å². The molecule has 53 valence electrons. The van der Waals surface area contributed by atoms with E-state index in [2.05, 4.69) is 0 Å². The van der Waals surface area contributed by atoms with Crippen LogP contribution in [0.25, 0.3) is 0 Å². The topological polar surface area (TPSA) is 23.0 Å². The lowest BCUT2D eigenvalue weighted by Crippen LogP contribution is -2.28. The van der Waals surface area contributed by atoms with Crippen LogP contribution >= 0.6 is 11.8 Å². The number of nitrogens with zero attached hydrogens (tertiary/aromatic N) is 1. The Morgan fingerprint density at radius 1 is 1.56 bits per heavy atom. The molecule has 0 spiro atoms. The van der Waals surface area contributed by atoms with Gasteiger partial charge in [-0.2, -0.15) is 4.90 Å². The van der Waals surface area contributed by atoms with Crippen molar-refractivity contribution in [3.8, 4) is 0 Å². The monoisotopic (exact) mass is 147 g/mol. The molecule has 0 heterocycles. The third-order valence-corrected chi connectivity index (χ3v) is 2.16. The molecule has 0 aliphatic heterocycles. The Kier molecular flexibility index (Phi) is 3.89. The molecule has 2 nitrogen and oxygen atoms in total. The van der Waals surface area contributed by atoms with Crippen LogP contribution in [0.4, 0.5) is 0 Å². The molecule has 1 unspecified atom stereocenters. The van der Waals surface area contributed by atoms with Gasteiger partial charge in [0.15, 0.2) is 10.5 Å². The summed E-state index contributed by atoms with van der Waals surface area (Å²) in [4.78, 5) is 12.5. The summed E-state index contributed by atoms with van der Waals surface area (Å²) < 4.78 is 0. The van der Waals surface area contributed by atoms with Gasteiger partial charge in [-0.05, 0) is 11.8 Å². The average Bonchev–Trinajstić information content (AvgIpc) is 1.63. The van der Waals surface area contributed by atoms with E-state index in [-0.39, 0.29) is 5.12 Å². The van der Waals surface area contributed by atoms with E-state index in [1.54, 1.807) is 6.92 Å². The normalized spacial score (nSPS) is 13.9. The third kappa shape index (κ3) is 4.48. The largest absolute Gasteiger partial charge is 0.287 e. The van der Waals surface area contributed by atoms with Crippen LogP contribution in [0.2, 0.25) is 0 Å². The molecule has 0 N–H and O–H groups in total. The molecular weight excluding hydrogens is 134 g/mol. The van der Waals surface area contributed by atoms with Crippen LogP contribution < -0.4 is 4.90 Å². The summed E-state index contributed by atoms with van der Waals surface area (Å²) in [5, 5.41) is 0.471. The quantitative estimate of drug-likeness (QED) is 0.430. The zero-order chi connectivity index (χ0) is 7.44. The molecule has 1 atom stereocenters. The Labute approximate surface area is 60.6 Å². The Morgan fingerprint density at radius 2 is 2.00 bits per heavy atom. The molecular formula is C6H13NOS+. The minimum absolute atomic E-state index is 0.177. The van der Waals surface area contributed by atoms with Crippen LogP contribution in [-0.4, -0.2) is 24.6 Å². The fraction of sp³-hybridized carbons (Fsp3) is 0.833. The number of carbonyl (C=O) groups is 1. The number of hydrogen-bond donors (Lipinski definition) is 0. The second-order valence-corrected chi connectivity index (χ2v) is 3.67. The van der Waals surface area contributed by atoms with Crippen molar-refractivity contribution < 1.29 is 4.79 Å². The number of thioether (sulfide) groups is 1. The van der Waals surface area contributed by atoms with Gasteiger partial charge in [0.25, 0.3) is 0 Å². The second-order valence-electron chi connectivity index (χ2n) is 2.17. The molecule has 1 radical (unpaired) electrons. The first kappa shape index (κ1) is 8.98. The van der Waals surface area contributed by atoms with Crippen LogP contribution in [0.15, 0.2) is 0 Å². The molecule has 0 bridgehead atoms. The Hall–Kier alpha value is -0.0200. The third-order valence-electron chi connectivity index (χ3n) is 1.06. The SMILES string of the molecule is CC(=O)SC(C)[N+](C)C. The summed E-state index contributed by atoms with van der Waals surface area (Å²) in [6.07, 6.45) is 0. The highest BCUT2D eigenvalue weighted by Gasteiger charge is 2.14. The van der Waals surface area contributed by atoms with Gasteiger partial charge in [-0.1, -0.05) is 0 Å². The van der Waals surface area contributed by atoms with Crippen LogP contribution in [-0.2, 0) is 4.79 Å². The summed E-state index contributed by atoms with van der Waals surface area (Å²) >= 11 is 1.35. The lowest BCUT2D eigenvalue weighted by atomic mass is 10.7. The van der Waals surface area contributed by atoms with Crippen molar-refractivity contribution in [2.24, 2.45) is 0 Å². The number of hydrogen-bond acceptors (Lipinski definition) is 3. The van der Waals surface area contributed by atoms with E-state index in [9.17, 15) is 4.79 Å². The molecule has 0 saturated heterocycles. The molecule has 0 fully saturated rings. The number of carbonyl (C=O) groups excluding carboxylic acids is 1.